The van der Waals surface area contributed by atoms with Crippen molar-refractivity contribution >= 4 is 28.8 Å². The van der Waals surface area contributed by atoms with Crippen LogP contribution in [0.5, 0.6) is 0 Å². The first-order valence-electron chi connectivity index (χ1n) is 14.2. The number of esters is 1. The van der Waals surface area contributed by atoms with Crippen molar-refractivity contribution in [2.75, 3.05) is 26.3 Å². The molecule has 2 bridgehead atoms. The number of unbranched alkanes of at least 4 members (excludes halogenated alkanes) is 2. The van der Waals surface area contributed by atoms with Gasteiger partial charge in [0, 0.05) is 19.7 Å². The topological polar surface area (TPSA) is 127 Å². The summed E-state index contributed by atoms with van der Waals surface area (Å²) in [5.41, 5.74) is -0.573. The number of benzene rings is 1. The van der Waals surface area contributed by atoms with Gasteiger partial charge in [0.2, 0.25) is 11.8 Å². The van der Waals surface area contributed by atoms with E-state index in [9.17, 15) is 19.5 Å². The van der Waals surface area contributed by atoms with Crippen molar-refractivity contribution in [2.45, 2.75) is 70.4 Å². The summed E-state index contributed by atoms with van der Waals surface area (Å²) < 4.78 is 13.8. The van der Waals surface area contributed by atoms with Gasteiger partial charge in [-0.25, -0.2) is 4.68 Å². The minimum Gasteiger partial charge on any atom is -0.466 e. The number of ether oxygens (including phenoxy) is 2. The van der Waals surface area contributed by atoms with Gasteiger partial charge in [-0.2, -0.15) is 0 Å². The smallest absolute Gasteiger partial charge is 0.312 e. The molecule has 1 N–H and O–H groups in total. The van der Waals surface area contributed by atoms with Gasteiger partial charge in [0.05, 0.1) is 23.6 Å². The number of likely N-dealkylation sites (tertiary alicyclic amines) is 1. The van der Waals surface area contributed by atoms with Crippen LogP contribution in [0.25, 0.3) is 11.0 Å². The number of hydrogen-bond donors (Lipinski definition) is 1. The molecule has 1 aromatic carbocycles. The van der Waals surface area contributed by atoms with Crippen LogP contribution in [0.4, 0.5) is 0 Å². The molecule has 3 saturated heterocycles. The predicted octanol–water partition coefficient (Wildman–Crippen LogP) is 2.14. The molecule has 0 aliphatic carbocycles. The molecule has 6 atom stereocenters. The SMILES string of the molecule is C=CCN(Cn1nnc2ccccc21)C(=O)C1N(CCCCCO)C(=O)[C@@H]2[C@@H](C(=O)OCC)[C@]3(C)OC12CC3C. The zero-order valence-corrected chi connectivity index (χ0v) is 23.5. The zero-order valence-electron chi connectivity index (χ0n) is 23.5. The molecular weight excluding hydrogens is 514 g/mol. The van der Waals surface area contributed by atoms with Crippen LogP contribution in [0.3, 0.4) is 0 Å². The second kappa shape index (κ2) is 10.9. The molecule has 1 aromatic heterocycles. The number of carbonyl (C=O) groups excluding carboxylic acids is 3. The molecule has 5 rings (SSSR count). The van der Waals surface area contributed by atoms with Crippen molar-refractivity contribution in [1.29, 1.82) is 0 Å². The Morgan fingerprint density at radius 1 is 1.30 bits per heavy atom. The third-order valence-corrected chi connectivity index (χ3v) is 9.03. The number of hydrogen-bond acceptors (Lipinski definition) is 8. The van der Waals surface area contributed by atoms with E-state index in [1.165, 1.54) is 0 Å². The minimum absolute atomic E-state index is 0.0613. The molecule has 0 saturated carbocycles. The molecular formula is C29H39N5O6. The standard InChI is InChI=1S/C29H39N5O6/c1-5-14-32(18-34-21-13-9-8-12-20(21)30-31-34)26(37)24-29-17-19(3)28(4,40-29)23(27(38)39-6-2)22(29)25(36)33(24)15-10-7-11-16-35/h5,8-9,12-13,19,22-24,35H,1,6-7,10-11,14-18H2,2-4H3/t19?,22-,23-,24?,28+,29?/m0/s1. The molecule has 11 nitrogen and oxygen atoms in total. The average Bonchev–Trinajstić information content (AvgIpc) is 3.60. The number of rotatable bonds is 12. The van der Waals surface area contributed by atoms with Crippen LogP contribution < -0.4 is 0 Å². The van der Waals surface area contributed by atoms with Crippen molar-refractivity contribution in [3.63, 3.8) is 0 Å². The number of fused-ring (bicyclic) bond motifs is 2. The second-order valence-corrected chi connectivity index (χ2v) is 11.3. The van der Waals surface area contributed by atoms with Crippen LogP contribution >= 0.6 is 0 Å². The van der Waals surface area contributed by atoms with Crippen molar-refractivity contribution in [3.05, 3.63) is 36.9 Å². The predicted molar refractivity (Wildman–Crippen MR) is 145 cm³/mol. The molecule has 2 amide bonds. The monoisotopic (exact) mass is 553 g/mol. The Morgan fingerprint density at radius 2 is 2.08 bits per heavy atom. The highest BCUT2D eigenvalue weighted by Gasteiger charge is 2.80. The van der Waals surface area contributed by atoms with Crippen LogP contribution in [-0.2, 0) is 30.5 Å². The Labute approximate surface area is 234 Å². The van der Waals surface area contributed by atoms with Crippen LogP contribution in [-0.4, -0.2) is 91.2 Å². The maximum Gasteiger partial charge on any atom is 0.312 e. The minimum atomic E-state index is -1.15. The largest absolute Gasteiger partial charge is 0.466 e. The van der Waals surface area contributed by atoms with Gasteiger partial charge in [0.15, 0.2) is 0 Å². The lowest BCUT2D eigenvalue weighted by molar-refractivity contribution is -0.162. The lowest BCUT2D eigenvalue weighted by atomic mass is 9.62. The van der Waals surface area contributed by atoms with Gasteiger partial charge < -0.3 is 24.4 Å². The summed E-state index contributed by atoms with van der Waals surface area (Å²) in [7, 11) is 0. The molecule has 0 radical (unpaired) electrons. The summed E-state index contributed by atoms with van der Waals surface area (Å²) in [6.07, 6.45) is 4.05. The average molecular weight is 554 g/mol. The number of para-hydroxylation sites is 1. The van der Waals surface area contributed by atoms with Crippen molar-refractivity contribution in [2.24, 2.45) is 17.8 Å². The van der Waals surface area contributed by atoms with E-state index in [0.717, 1.165) is 5.52 Å². The first-order chi connectivity index (χ1) is 19.2. The summed E-state index contributed by atoms with van der Waals surface area (Å²) in [5, 5.41) is 17.7. The van der Waals surface area contributed by atoms with Gasteiger partial charge in [0.1, 0.15) is 29.7 Å². The van der Waals surface area contributed by atoms with E-state index < -0.39 is 35.0 Å². The summed E-state index contributed by atoms with van der Waals surface area (Å²) in [6.45, 7) is 10.4. The number of aliphatic hydroxyl groups is 1. The molecule has 11 heteroatoms. The highest BCUT2D eigenvalue weighted by molar-refractivity contribution is 5.98. The molecule has 216 valence electrons. The highest BCUT2D eigenvalue weighted by atomic mass is 16.6. The summed E-state index contributed by atoms with van der Waals surface area (Å²) in [6, 6.07) is 6.59. The fraction of sp³-hybridized carbons (Fsp3) is 0.621. The lowest BCUT2D eigenvalue weighted by Crippen LogP contribution is -2.56. The summed E-state index contributed by atoms with van der Waals surface area (Å²) in [4.78, 5) is 45.3. The Kier molecular flexibility index (Phi) is 7.71. The van der Waals surface area contributed by atoms with Gasteiger partial charge in [-0.1, -0.05) is 30.3 Å². The number of nitrogens with zero attached hydrogens (tertiary/aromatic N) is 5. The second-order valence-electron chi connectivity index (χ2n) is 11.3. The maximum absolute atomic E-state index is 14.6. The Hall–Kier alpha value is -3.31. The fourth-order valence-electron chi connectivity index (χ4n) is 7.15. The van der Waals surface area contributed by atoms with E-state index in [1.54, 1.807) is 27.5 Å². The first kappa shape index (κ1) is 28.2. The van der Waals surface area contributed by atoms with Crippen LogP contribution in [0.15, 0.2) is 36.9 Å². The molecule has 1 spiro atoms. The van der Waals surface area contributed by atoms with Gasteiger partial charge >= 0.3 is 5.97 Å². The van der Waals surface area contributed by atoms with E-state index >= 15 is 0 Å². The van der Waals surface area contributed by atoms with E-state index in [-0.39, 0.29) is 44.2 Å². The number of aromatic nitrogens is 3. The van der Waals surface area contributed by atoms with Crippen molar-refractivity contribution in [3.8, 4) is 0 Å². The van der Waals surface area contributed by atoms with Crippen molar-refractivity contribution in [1.82, 2.24) is 24.8 Å². The van der Waals surface area contributed by atoms with Crippen LogP contribution in [0.2, 0.25) is 0 Å². The number of carbonyl (C=O) groups is 3. The summed E-state index contributed by atoms with van der Waals surface area (Å²) in [5.74, 6) is -2.66. The molecule has 3 unspecified atom stereocenters. The molecule has 3 aliphatic rings. The quantitative estimate of drug-likeness (QED) is 0.241. The highest BCUT2D eigenvalue weighted by Crippen LogP contribution is 2.65. The summed E-state index contributed by atoms with van der Waals surface area (Å²) >= 11 is 0. The van der Waals surface area contributed by atoms with Gasteiger partial charge in [-0.3, -0.25) is 14.4 Å². The van der Waals surface area contributed by atoms with E-state index in [4.69, 9.17) is 9.47 Å². The van der Waals surface area contributed by atoms with E-state index in [2.05, 4.69) is 16.9 Å². The molecule has 3 fully saturated rings. The Bertz CT molecular complexity index is 1300. The molecule has 2 aromatic rings. The Morgan fingerprint density at radius 3 is 2.80 bits per heavy atom. The molecule has 40 heavy (non-hydrogen) atoms. The van der Waals surface area contributed by atoms with Crippen LogP contribution in [0, 0.1) is 17.8 Å². The Balaban J connectivity index is 1.54. The first-order valence-corrected chi connectivity index (χ1v) is 14.2. The third kappa shape index (κ3) is 4.30. The van der Waals surface area contributed by atoms with Crippen LogP contribution in [0.1, 0.15) is 46.5 Å². The lowest BCUT2D eigenvalue weighted by Gasteiger charge is -2.37. The molecule has 3 aliphatic heterocycles. The normalized spacial score (nSPS) is 30.6. The van der Waals surface area contributed by atoms with Crippen molar-refractivity contribution < 1.29 is 29.0 Å². The zero-order chi connectivity index (χ0) is 28.7. The van der Waals surface area contributed by atoms with Gasteiger partial charge in [-0.05, 0) is 57.6 Å². The maximum atomic E-state index is 14.6. The number of amides is 2. The fourth-order valence-corrected chi connectivity index (χ4v) is 7.15. The van der Waals surface area contributed by atoms with Gasteiger partial charge in [0.25, 0.3) is 0 Å². The number of aliphatic hydroxyl groups excluding tert-OH is 1. The third-order valence-electron chi connectivity index (χ3n) is 9.03. The molecule has 4 heterocycles. The van der Waals surface area contributed by atoms with E-state index in [0.29, 0.717) is 37.7 Å². The van der Waals surface area contributed by atoms with Gasteiger partial charge in [-0.15, -0.1) is 11.7 Å². The van der Waals surface area contributed by atoms with E-state index in [1.807, 2.05) is 38.1 Å².